The number of aromatic nitrogens is 3. The quantitative estimate of drug-likeness (QED) is 0.454. The maximum atomic E-state index is 13.2. The fourth-order valence-corrected chi connectivity index (χ4v) is 3.82. The summed E-state index contributed by atoms with van der Waals surface area (Å²) >= 11 is 8.67. The van der Waals surface area contributed by atoms with Gasteiger partial charge in [-0.2, -0.15) is 0 Å². The number of halogens is 1. The number of nitrogens with one attached hydrogen (secondary N) is 3. The van der Waals surface area contributed by atoms with Gasteiger partial charge in [0.2, 0.25) is 0 Å². The zero-order valence-electron chi connectivity index (χ0n) is 17.0. The largest absolute Gasteiger partial charge is 0.350 e. The topological polar surface area (TPSA) is 91.8 Å². The molecule has 0 bridgehead atoms. The molecule has 2 amide bonds. The summed E-state index contributed by atoms with van der Waals surface area (Å²) in [7, 11) is 0. The number of carbonyl (C=O) groups excluding carboxylic acids is 2. The summed E-state index contributed by atoms with van der Waals surface area (Å²) in [6.45, 7) is 7.49. The first-order valence-electron chi connectivity index (χ1n) is 9.33. The van der Waals surface area contributed by atoms with Gasteiger partial charge in [-0.25, -0.2) is 9.67 Å². The Balaban J connectivity index is 2.03. The number of anilines is 1. The summed E-state index contributed by atoms with van der Waals surface area (Å²) < 4.78 is 2.70. The molecule has 0 aliphatic heterocycles. The number of aromatic amines is 1. The highest BCUT2D eigenvalue weighted by Crippen LogP contribution is 2.27. The van der Waals surface area contributed by atoms with Crippen molar-refractivity contribution < 1.29 is 9.59 Å². The Labute approximate surface area is 188 Å². The van der Waals surface area contributed by atoms with Crippen LogP contribution in [0.2, 0.25) is 0 Å². The minimum Gasteiger partial charge on any atom is -0.350 e. The fourth-order valence-electron chi connectivity index (χ4n) is 3.04. The Kier molecular flexibility index (Phi) is 6.52. The molecule has 9 heteroatoms. The molecule has 2 heterocycles. The molecule has 0 unspecified atom stereocenters. The second kappa shape index (κ2) is 8.93. The Morgan fingerprint density at radius 2 is 1.90 bits per heavy atom. The van der Waals surface area contributed by atoms with Gasteiger partial charge in [-0.05, 0) is 57.0 Å². The zero-order valence-corrected chi connectivity index (χ0v) is 19.4. The minimum atomic E-state index is -0.406. The predicted octanol–water partition coefficient (Wildman–Crippen LogP) is 4.70. The van der Waals surface area contributed by atoms with Crippen molar-refractivity contribution in [1.29, 1.82) is 0 Å². The monoisotopic (exact) mass is 487 g/mol. The molecule has 3 aromatic rings. The molecular weight excluding hydrogens is 466 g/mol. The van der Waals surface area contributed by atoms with E-state index in [1.807, 2.05) is 45.9 Å². The molecule has 0 spiro atoms. The number of hydrogen-bond acceptors (Lipinski definition) is 4. The van der Waals surface area contributed by atoms with Gasteiger partial charge in [0.05, 0.1) is 11.3 Å². The Morgan fingerprint density at radius 3 is 2.57 bits per heavy atom. The van der Waals surface area contributed by atoms with Crippen molar-refractivity contribution in [2.45, 2.75) is 33.7 Å². The summed E-state index contributed by atoms with van der Waals surface area (Å²) in [5, 5.41) is 8.73. The molecule has 3 N–H and O–H groups in total. The molecule has 0 radical (unpaired) electrons. The number of benzene rings is 1. The molecule has 0 fully saturated rings. The molecular formula is C21H22BrN5O2S. The minimum absolute atomic E-state index is 0.0397. The fraction of sp³-hybridized carbons (Fsp3) is 0.238. The summed E-state index contributed by atoms with van der Waals surface area (Å²) in [6.07, 6.45) is 1.65. The molecule has 2 aromatic heterocycles. The number of carbonyl (C=O) groups is 2. The van der Waals surface area contributed by atoms with Crippen LogP contribution in [-0.4, -0.2) is 32.6 Å². The van der Waals surface area contributed by atoms with Crippen LogP contribution in [-0.2, 0) is 0 Å². The molecule has 0 saturated carbocycles. The number of rotatable bonds is 5. The van der Waals surface area contributed by atoms with Gasteiger partial charge in [-0.3, -0.25) is 14.7 Å². The lowest BCUT2D eigenvalue weighted by Crippen LogP contribution is -2.31. The van der Waals surface area contributed by atoms with Crippen LogP contribution >= 0.6 is 28.1 Å². The normalized spacial score (nSPS) is 10.9. The third-order valence-corrected chi connectivity index (χ3v) is 5.03. The number of aryl methyl sites for hydroxylation is 2. The van der Waals surface area contributed by atoms with Crippen LogP contribution in [0, 0.1) is 18.5 Å². The van der Waals surface area contributed by atoms with E-state index in [-0.39, 0.29) is 11.9 Å². The van der Waals surface area contributed by atoms with E-state index in [4.69, 9.17) is 12.2 Å². The average molecular weight is 488 g/mol. The van der Waals surface area contributed by atoms with Crippen molar-refractivity contribution >= 4 is 45.6 Å². The lowest BCUT2D eigenvalue weighted by molar-refractivity contribution is 0.0944. The Bertz CT molecular complexity index is 1180. The lowest BCUT2D eigenvalue weighted by Gasteiger charge is -2.17. The first-order chi connectivity index (χ1) is 14.2. The van der Waals surface area contributed by atoms with E-state index in [0.29, 0.717) is 27.4 Å². The number of H-pyrrole nitrogens is 1. The third kappa shape index (κ3) is 4.68. The van der Waals surface area contributed by atoms with Crippen molar-refractivity contribution in [1.82, 2.24) is 20.1 Å². The van der Waals surface area contributed by atoms with Gasteiger partial charge >= 0.3 is 0 Å². The maximum Gasteiger partial charge on any atom is 0.274 e. The molecule has 156 valence electrons. The molecule has 3 rings (SSSR count). The highest BCUT2D eigenvalue weighted by molar-refractivity contribution is 9.10. The van der Waals surface area contributed by atoms with Gasteiger partial charge in [0.1, 0.15) is 10.3 Å². The van der Waals surface area contributed by atoms with E-state index in [1.165, 1.54) is 0 Å². The first-order valence-corrected chi connectivity index (χ1v) is 10.5. The predicted molar refractivity (Wildman–Crippen MR) is 123 cm³/mol. The highest BCUT2D eigenvalue weighted by atomic mass is 79.9. The summed E-state index contributed by atoms with van der Waals surface area (Å²) in [6, 6.07) is 8.78. The third-order valence-electron chi connectivity index (χ3n) is 4.36. The van der Waals surface area contributed by atoms with Gasteiger partial charge in [0, 0.05) is 22.8 Å². The number of hydrogen-bond donors (Lipinski definition) is 3. The van der Waals surface area contributed by atoms with E-state index < -0.39 is 5.91 Å². The summed E-state index contributed by atoms with van der Waals surface area (Å²) in [4.78, 5) is 30.3. The number of amides is 2. The van der Waals surface area contributed by atoms with Crippen molar-refractivity contribution in [2.75, 3.05) is 5.32 Å². The van der Waals surface area contributed by atoms with E-state index in [2.05, 4.69) is 36.6 Å². The molecule has 7 nitrogen and oxygen atoms in total. The smallest absolute Gasteiger partial charge is 0.274 e. The van der Waals surface area contributed by atoms with Crippen LogP contribution in [0.15, 0.2) is 41.0 Å². The second-order valence-electron chi connectivity index (χ2n) is 7.21. The zero-order chi connectivity index (χ0) is 22.0. The second-order valence-corrected chi connectivity index (χ2v) is 8.57. The van der Waals surface area contributed by atoms with Crippen molar-refractivity contribution in [3.8, 4) is 5.82 Å². The van der Waals surface area contributed by atoms with Gasteiger partial charge in [-0.1, -0.05) is 34.2 Å². The van der Waals surface area contributed by atoms with Crippen LogP contribution in [0.25, 0.3) is 5.82 Å². The van der Waals surface area contributed by atoms with Crippen LogP contribution in [0.4, 0.5) is 5.69 Å². The maximum absolute atomic E-state index is 13.2. The average Bonchev–Trinajstić information content (AvgIpc) is 3.05. The van der Waals surface area contributed by atoms with Gasteiger partial charge in [0.25, 0.3) is 11.8 Å². The number of pyridine rings is 1. The number of nitrogens with zero attached hydrogens (tertiary/aromatic N) is 2. The molecule has 0 aliphatic rings. The van der Waals surface area contributed by atoms with E-state index in [9.17, 15) is 9.59 Å². The van der Waals surface area contributed by atoms with E-state index in [1.54, 1.807) is 23.0 Å². The molecule has 30 heavy (non-hydrogen) atoms. The molecule has 0 atom stereocenters. The molecule has 0 saturated heterocycles. The Morgan fingerprint density at radius 1 is 1.17 bits per heavy atom. The summed E-state index contributed by atoms with van der Waals surface area (Å²) in [5.41, 5.74) is 2.74. The molecule has 0 aliphatic carbocycles. The van der Waals surface area contributed by atoms with Crippen LogP contribution in [0.1, 0.15) is 45.8 Å². The Hall–Kier alpha value is -2.78. The van der Waals surface area contributed by atoms with Crippen molar-refractivity contribution in [2.24, 2.45) is 0 Å². The van der Waals surface area contributed by atoms with Crippen molar-refractivity contribution in [3.63, 3.8) is 0 Å². The van der Waals surface area contributed by atoms with Crippen LogP contribution in [0.3, 0.4) is 0 Å². The molecule has 1 aromatic carbocycles. The van der Waals surface area contributed by atoms with Crippen molar-refractivity contribution in [3.05, 3.63) is 68.0 Å². The van der Waals surface area contributed by atoms with Gasteiger partial charge in [-0.15, -0.1) is 0 Å². The van der Waals surface area contributed by atoms with E-state index >= 15 is 0 Å². The van der Waals surface area contributed by atoms with Gasteiger partial charge in [0.15, 0.2) is 5.82 Å². The van der Waals surface area contributed by atoms with Crippen LogP contribution < -0.4 is 10.6 Å². The first kappa shape index (κ1) is 21.9. The standard InChI is InChI=1S/C21H22BrN5O2S/c1-11(2)24-20(28)15-9-14(22)8-13(4)18(15)25-21(29)16-10-17(30)26-27(16)19-12(3)6-5-7-23-19/h5-11H,1-4H3,(H,24,28)(H,25,29)(H,26,30). The summed E-state index contributed by atoms with van der Waals surface area (Å²) in [5.74, 6) is -0.100. The van der Waals surface area contributed by atoms with Gasteiger partial charge < -0.3 is 10.6 Å². The highest BCUT2D eigenvalue weighted by Gasteiger charge is 2.21. The van der Waals surface area contributed by atoms with E-state index in [0.717, 1.165) is 15.6 Å². The SMILES string of the molecule is Cc1cccnc1-n1[nH]c(=S)cc1C(=O)Nc1c(C)cc(Br)cc1C(=O)NC(C)C. The lowest BCUT2D eigenvalue weighted by atomic mass is 10.1. The van der Waals surface area contributed by atoms with Crippen LogP contribution in [0.5, 0.6) is 0 Å².